The van der Waals surface area contributed by atoms with Crippen LogP contribution in [0.25, 0.3) is 0 Å². The standard InChI is InChI=1S/C13H13ClOS2/c1-15-11-4-2-3-10(7-11)8-16-9-12-5-6-13(14)17-12/h2-7H,8-9H2,1H3. The number of methoxy groups -OCH3 is 1. The summed E-state index contributed by atoms with van der Waals surface area (Å²) in [5.74, 6) is 2.92. The van der Waals surface area contributed by atoms with Crippen molar-refractivity contribution < 1.29 is 4.74 Å². The van der Waals surface area contributed by atoms with Crippen molar-refractivity contribution in [3.05, 3.63) is 51.2 Å². The third kappa shape index (κ3) is 3.95. The van der Waals surface area contributed by atoms with Gasteiger partial charge in [-0.1, -0.05) is 23.7 Å². The molecule has 0 fully saturated rings. The highest BCUT2D eigenvalue weighted by molar-refractivity contribution is 7.97. The summed E-state index contributed by atoms with van der Waals surface area (Å²) in [6.45, 7) is 0. The first kappa shape index (κ1) is 12.8. The smallest absolute Gasteiger partial charge is 0.119 e. The van der Waals surface area contributed by atoms with E-state index in [2.05, 4.69) is 18.2 Å². The summed E-state index contributed by atoms with van der Waals surface area (Å²) in [7, 11) is 1.69. The second kappa shape index (κ2) is 6.34. The first-order valence-corrected chi connectivity index (χ1v) is 7.58. The fourth-order valence-electron chi connectivity index (χ4n) is 1.46. The van der Waals surface area contributed by atoms with Gasteiger partial charge in [0.2, 0.25) is 0 Å². The van der Waals surface area contributed by atoms with E-state index in [-0.39, 0.29) is 0 Å². The highest BCUT2D eigenvalue weighted by atomic mass is 35.5. The molecule has 0 N–H and O–H groups in total. The molecule has 0 amide bonds. The highest BCUT2D eigenvalue weighted by Crippen LogP contribution is 2.27. The molecule has 90 valence electrons. The van der Waals surface area contributed by atoms with Gasteiger partial charge in [0.25, 0.3) is 0 Å². The second-order valence-electron chi connectivity index (χ2n) is 3.55. The van der Waals surface area contributed by atoms with Crippen molar-refractivity contribution in [2.75, 3.05) is 7.11 Å². The van der Waals surface area contributed by atoms with E-state index in [1.165, 1.54) is 10.4 Å². The van der Waals surface area contributed by atoms with E-state index in [0.717, 1.165) is 21.6 Å². The van der Waals surface area contributed by atoms with Gasteiger partial charge in [-0.2, -0.15) is 11.8 Å². The van der Waals surface area contributed by atoms with E-state index in [0.29, 0.717) is 0 Å². The van der Waals surface area contributed by atoms with Crippen LogP contribution < -0.4 is 4.74 Å². The van der Waals surface area contributed by atoms with Gasteiger partial charge in [0, 0.05) is 16.4 Å². The number of benzene rings is 1. The van der Waals surface area contributed by atoms with Gasteiger partial charge >= 0.3 is 0 Å². The number of halogens is 1. The van der Waals surface area contributed by atoms with Crippen LogP contribution in [0.1, 0.15) is 10.4 Å². The number of hydrogen-bond donors (Lipinski definition) is 0. The highest BCUT2D eigenvalue weighted by Gasteiger charge is 2.00. The lowest BCUT2D eigenvalue weighted by Crippen LogP contribution is -1.85. The lowest BCUT2D eigenvalue weighted by atomic mass is 10.2. The van der Waals surface area contributed by atoms with Crippen LogP contribution >= 0.6 is 34.7 Å². The minimum Gasteiger partial charge on any atom is -0.497 e. The maximum absolute atomic E-state index is 5.89. The maximum Gasteiger partial charge on any atom is 0.119 e. The molecule has 0 aliphatic heterocycles. The molecule has 1 heterocycles. The van der Waals surface area contributed by atoms with Gasteiger partial charge in [-0.25, -0.2) is 0 Å². The van der Waals surface area contributed by atoms with E-state index >= 15 is 0 Å². The molecular formula is C13H13ClOS2. The fraction of sp³-hybridized carbons (Fsp3) is 0.231. The number of rotatable bonds is 5. The van der Waals surface area contributed by atoms with Crippen LogP contribution in [0.4, 0.5) is 0 Å². The molecule has 0 aliphatic carbocycles. The largest absolute Gasteiger partial charge is 0.497 e. The molecule has 0 radical (unpaired) electrons. The number of thioether (sulfide) groups is 1. The minimum absolute atomic E-state index is 0.863. The van der Waals surface area contributed by atoms with Crippen molar-refractivity contribution in [1.29, 1.82) is 0 Å². The first-order valence-electron chi connectivity index (χ1n) is 5.23. The predicted octanol–water partition coefficient (Wildman–Crippen LogP) is 4.84. The average Bonchev–Trinajstić information content (AvgIpc) is 2.75. The summed E-state index contributed by atoms with van der Waals surface area (Å²) in [4.78, 5) is 1.32. The summed E-state index contributed by atoms with van der Waals surface area (Å²) in [5.41, 5.74) is 1.29. The van der Waals surface area contributed by atoms with Crippen molar-refractivity contribution in [1.82, 2.24) is 0 Å². The van der Waals surface area contributed by atoms with E-state index in [1.54, 1.807) is 18.4 Å². The Balaban J connectivity index is 1.85. The van der Waals surface area contributed by atoms with Gasteiger partial charge in [0.15, 0.2) is 0 Å². The lowest BCUT2D eigenvalue weighted by molar-refractivity contribution is 0.414. The molecule has 17 heavy (non-hydrogen) atoms. The number of hydrogen-bond acceptors (Lipinski definition) is 3. The molecule has 0 atom stereocenters. The van der Waals surface area contributed by atoms with Crippen LogP contribution in [0.5, 0.6) is 5.75 Å². The topological polar surface area (TPSA) is 9.23 Å². The maximum atomic E-state index is 5.89. The number of ether oxygens (including phenoxy) is 1. The van der Waals surface area contributed by atoms with Crippen LogP contribution in [-0.2, 0) is 11.5 Å². The molecule has 1 nitrogen and oxygen atoms in total. The summed E-state index contributed by atoms with van der Waals surface area (Å²) in [6, 6.07) is 12.2. The van der Waals surface area contributed by atoms with Gasteiger partial charge in [-0.15, -0.1) is 11.3 Å². The van der Waals surface area contributed by atoms with Crippen LogP contribution in [-0.4, -0.2) is 7.11 Å². The lowest BCUT2D eigenvalue weighted by Gasteiger charge is -2.03. The molecule has 1 aromatic carbocycles. The third-order valence-electron chi connectivity index (χ3n) is 2.28. The molecular weight excluding hydrogens is 272 g/mol. The zero-order valence-corrected chi connectivity index (χ0v) is 11.9. The SMILES string of the molecule is COc1cccc(CSCc2ccc(Cl)s2)c1. The normalized spacial score (nSPS) is 10.5. The van der Waals surface area contributed by atoms with Crippen molar-refractivity contribution in [2.24, 2.45) is 0 Å². The molecule has 0 saturated carbocycles. The zero-order chi connectivity index (χ0) is 12.1. The monoisotopic (exact) mass is 284 g/mol. The quantitative estimate of drug-likeness (QED) is 0.777. The van der Waals surface area contributed by atoms with E-state index < -0.39 is 0 Å². The van der Waals surface area contributed by atoms with Crippen LogP contribution in [0, 0.1) is 0 Å². The van der Waals surface area contributed by atoms with Crippen molar-refractivity contribution in [2.45, 2.75) is 11.5 Å². The average molecular weight is 285 g/mol. The molecule has 2 aromatic rings. The fourth-order valence-corrected chi connectivity index (χ4v) is 3.64. The first-order chi connectivity index (χ1) is 8.28. The summed E-state index contributed by atoms with van der Waals surface area (Å²) >= 11 is 9.43. The number of thiophene rings is 1. The van der Waals surface area contributed by atoms with Crippen molar-refractivity contribution in [3.8, 4) is 5.75 Å². The van der Waals surface area contributed by atoms with E-state index in [4.69, 9.17) is 16.3 Å². The van der Waals surface area contributed by atoms with Crippen LogP contribution in [0.15, 0.2) is 36.4 Å². The van der Waals surface area contributed by atoms with Crippen LogP contribution in [0.3, 0.4) is 0 Å². The third-order valence-corrected chi connectivity index (χ3v) is 4.74. The zero-order valence-electron chi connectivity index (χ0n) is 9.48. The molecule has 0 saturated heterocycles. The minimum atomic E-state index is 0.863. The van der Waals surface area contributed by atoms with Crippen molar-refractivity contribution in [3.63, 3.8) is 0 Å². The van der Waals surface area contributed by atoms with Crippen molar-refractivity contribution >= 4 is 34.7 Å². The summed E-state index contributed by atoms with van der Waals surface area (Å²) in [6.07, 6.45) is 0. The van der Waals surface area contributed by atoms with E-state index in [9.17, 15) is 0 Å². The molecule has 0 unspecified atom stereocenters. The second-order valence-corrected chi connectivity index (χ2v) is 6.34. The molecule has 4 heteroatoms. The molecule has 0 bridgehead atoms. The Labute approximate surface area is 115 Å². The molecule has 2 rings (SSSR count). The van der Waals surface area contributed by atoms with Gasteiger partial charge in [0.1, 0.15) is 5.75 Å². The summed E-state index contributed by atoms with van der Waals surface area (Å²) in [5, 5.41) is 0. The Morgan fingerprint density at radius 1 is 1.24 bits per heavy atom. The Morgan fingerprint density at radius 2 is 2.12 bits per heavy atom. The van der Waals surface area contributed by atoms with Gasteiger partial charge < -0.3 is 4.74 Å². The Kier molecular flexibility index (Phi) is 4.77. The van der Waals surface area contributed by atoms with E-state index in [1.807, 2.05) is 30.0 Å². The summed E-state index contributed by atoms with van der Waals surface area (Å²) < 4.78 is 6.06. The van der Waals surface area contributed by atoms with Gasteiger partial charge in [-0.05, 0) is 29.8 Å². The molecule has 1 aromatic heterocycles. The Morgan fingerprint density at radius 3 is 2.82 bits per heavy atom. The Hall–Kier alpha value is -0.640. The Bertz CT molecular complexity index is 482. The predicted molar refractivity (Wildman–Crippen MR) is 77.3 cm³/mol. The van der Waals surface area contributed by atoms with Gasteiger partial charge in [-0.3, -0.25) is 0 Å². The van der Waals surface area contributed by atoms with Crippen LogP contribution in [0.2, 0.25) is 4.34 Å². The molecule has 0 aliphatic rings. The van der Waals surface area contributed by atoms with Gasteiger partial charge in [0.05, 0.1) is 11.4 Å². The molecule has 0 spiro atoms.